The lowest BCUT2D eigenvalue weighted by atomic mass is 10.2. The monoisotopic (exact) mass is 227 g/mol. The van der Waals surface area contributed by atoms with Crippen LogP contribution < -0.4 is 0 Å². The maximum absolute atomic E-state index is 12.6. The van der Waals surface area contributed by atoms with Crippen LogP contribution in [0.4, 0.5) is 4.39 Å². The van der Waals surface area contributed by atoms with Crippen LogP contribution in [0.5, 0.6) is 0 Å². The second-order valence-electron chi connectivity index (χ2n) is 2.78. The van der Waals surface area contributed by atoms with Crippen molar-refractivity contribution in [2.45, 2.75) is 5.88 Å². The summed E-state index contributed by atoms with van der Waals surface area (Å²) in [6.07, 6.45) is 0. The molecule has 1 aromatic carbocycles. The summed E-state index contributed by atoms with van der Waals surface area (Å²) < 4.78 is 12.6. The van der Waals surface area contributed by atoms with Crippen molar-refractivity contribution < 1.29 is 4.39 Å². The molecule has 0 aliphatic rings. The van der Waals surface area contributed by atoms with E-state index in [4.69, 9.17) is 11.6 Å². The summed E-state index contributed by atoms with van der Waals surface area (Å²) in [6.45, 7) is 0. The molecule has 0 radical (unpaired) electrons. The largest absolute Gasteiger partial charge is 0.240 e. The van der Waals surface area contributed by atoms with E-state index in [0.717, 1.165) is 16.3 Å². The van der Waals surface area contributed by atoms with Gasteiger partial charge in [-0.05, 0) is 24.3 Å². The molecule has 0 unspecified atom stereocenters. The normalized spacial score (nSPS) is 10.4. The molecule has 1 nitrogen and oxygen atoms in total. The Morgan fingerprint density at radius 3 is 2.57 bits per heavy atom. The Bertz CT molecular complexity index is 424. The van der Waals surface area contributed by atoms with Crippen LogP contribution in [0.3, 0.4) is 0 Å². The van der Waals surface area contributed by atoms with Gasteiger partial charge in [0, 0.05) is 10.9 Å². The summed E-state index contributed by atoms with van der Waals surface area (Å²) in [4.78, 5) is 4.29. The van der Waals surface area contributed by atoms with Gasteiger partial charge in [-0.25, -0.2) is 9.37 Å². The summed E-state index contributed by atoms with van der Waals surface area (Å²) in [7, 11) is 0. The molecule has 72 valence electrons. The van der Waals surface area contributed by atoms with Gasteiger partial charge in [-0.3, -0.25) is 0 Å². The van der Waals surface area contributed by atoms with Gasteiger partial charge in [0.1, 0.15) is 10.8 Å². The number of hydrogen-bond acceptors (Lipinski definition) is 2. The molecule has 0 atom stereocenters. The van der Waals surface area contributed by atoms with Crippen LogP contribution in [-0.4, -0.2) is 4.98 Å². The van der Waals surface area contributed by atoms with Crippen molar-refractivity contribution in [3.63, 3.8) is 0 Å². The third-order valence-corrected chi connectivity index (χ3v) is 2.99. The molecule has 0 aliphatic heterocycles. The van der Waals surface area contributed by atoms with Gasteiger partial charge in [0.2, 0.25) is 0 Å². The molecule has 0 saturated heterocycles. The lowest BCUT2D eigenvalue weighted by Gasteiger charge is -1.94. The molecule has 4 heteroatoms. The SMILES string of the molecule is Fc1ccc(-c2nc(CCl)cs2)cc1. The number of rotatable bonds is 2. The van der Waals surface area contributed by atoms with E-state index < -0.39 is 0 Å². The lowest BCUT2D eigenvalue weighted by Crippen LogP contribution is -1.79. The third kappa shape index (κ3) is 1.94. The zero-order valence-electron chi connectivity index (χ0n) is 7.21. The Kier molecular flexibility index (Phi) is 2.79. The molecule has 1 heterocycles. The average molecular weight is 228 g/mol. The highest BCUT2D eigenvalue weighted by molar-refractivity contribution is 7.13. The molecule has 14 heavy (non-hydrogen) atoms. The van der Waals surface area contributed by atoms with Crippen molar-refractivity contribution in [2.24, 2.45) is 0 Å². The Hall–Kier alpha value is -0.930. The van der Waals surface area contributed by atoms with Crippen LogP contribution in [0.15, 0.2) is 29.6 Å². The fourth-order valence-corrected chi connectivity index (χ4v) is 2.15. The average Bonchev–Trinajstić information content (AvgIpc) is 2.67. The summed E-state index contributed by atoms with van der Waals surface area (Å²) in [5.41, 5.74) is 1.78. The fraction of sp³-hybridized carbons (Fsp3) is 0.100. The van der Waals surface area contributed by atoms with Crippen molar-refractivity contribution in [1.82, 2.24) is 4.98 Å². The van der Waals surface area contributed by atoms with E-state index in [1.165, 1.54) is 23.5 Å². The van der Waals surface area contributed by atoms with E-state index in [9.17, 15) is 4.39 Å². The number of nitrogens with zero attached hydrogens (tertiary/aromatic N) is 1. The molecule has 0 amide bonds. The van der Waals surface area contributed by atoms with Crippen LogP contribution in [0.2, 0.25) is 0 Å². The Morgan fingerprint density at radius 2 is 2.00 bits per heavy atom. The predicted octanol–water partition coefficient (Wildman–Crippen LogP) is 3.69. The quantitative estimate of drug-likeness (QED) is 0.713. The number of halogens is 2. The molecule has 0 bridgehead atoms. The standard InChI is InChI=1S/C10H7ClFNS/c11-5-9-6-14-10(13-9)7-1-3-8(12)4-2-7/h1-4,6H,5H2. The van der Waals surface area contributed by atoms with Gasteiger partial charge in [-0.2, -0.15) is 0 Å². The highest BCUT2D eigenvalue weighted by Gasteiger charge is 2.03. The summed E-state index contributed by atoms with van der Waals surface area (Å²) in [5.74, 6) is 0.181. The molecule has 2 aromatic rings. The summed E-state index contributed by atoms with van der Waals surface area (Å²) >= 11 is 7.15. The minimum Gasteiger partial charge on any atom is -0.240 e. The maximum atomic E-state index is 12.6. The first kappa shape index (κ1) is 9.62. The number of alkyl halides is 1. The van der Waals surface area contributed by atoms with E-state index in [2.05, 4.69) is 4.98 Å². The highest BCUT2D eigenvalue weighted by atomic mass is 35.5. The van der Waals surface area contributed by atoms with E-state index >= 15 is 0 Å². The molecule has 0 N–H and O–H groups in total. The lowest BCUT2D eigenvalue weighted by molar-refractivity contribution is 0.628. The molecular formula is C10H7ClFNS. The molecule has 0 fully saturated rings. The van der Waals surface area contributed by atoms with Crippen LogP contribution in [0.25, 0.3) is 10.6 Å². The molecule has 0 saturated carbocycles. The first-order valence-electron chi connectivity index (χ1n) is 4.06. The Balaban J connectivity index is 2.34. The van der Waals surface area contributed by atoms with Gasteiger partial charge in [0.25, 0.3) is 0 Å². The van der Waals surface area contributed by atoms with Gasteiger partial charge < -0.3 is 0 Å². The number of thiazole rings is 1. The van der Waals surface area contributed by atoms with Crippen molar-refractivity contribution in [1.29, 1.82) is 0 Å². The zero-order chi connectivity index (χ0) is 9.97. The van der Waals surface area contributed by atoms with Crippen molar-refractivity contribution in [3.05, 3.63) is 41.2 Å². The number of aromatic nitrogens is 1. The van der Waals surface area contributed by atoms with Gasteiger partial charge in [-0.15, -0.1) is 22.9 Å². The maximum Gasteiger partial charge on any atom is 0.123 e. The Morgan fingerprint density at radius 1 is 1.29 bits per heavy atom. The second kappa shape index (κ2) is 4.07. The topological polar surface area (TPSA) is 12.9 Å². The smallest absolute Gasteiger partial charge is 0.123 e. The second-order valence-corrected chi connectivity index (χ2v) is 3.91. The van der Waals surface area contributed by atoms with E-state index in [1.54, 1.807) is 12.1 Å². The van der Waals surface area contributed by atoms with Crippen LogP contribution in [0.1, 0.15) is 5.69 Å². The molecule has 0 aliphatic carbocycles. The van der Waals surface area contributed by atoms with Crippen LogP contribution in [0, 0.1) is 5.82 Å². The first-order chi connectivity index (χ1) is 6.79. The fourth-order valence-electron chi connectivity index (χ4n) is 1.09. The minimum absolute atomic E-state index is 0.233. The summed E-state index contributed by atoms with van der Waals surface area (Å²) in [6, 6.07) is 6.28. The first-order valence-corrected chi connectivity index (χ1v) is 5.47. The molecule has 1 aromatic heterocycles. The van der Waals surface area contributed by atoms with Gasteiger partial charge >= 0.3 is 0 Å². The predicted molar refractivity (Wildman–Crippen MR) is 57.1 cm³/mol. The molecule has 0 spiro atoms. The van der Waals surface area contributed by atoms with Crippen molar-refractivity contribution in [3.8, 4) is 10.6 Å². The van der Waals surface area contributed by atoms with Gasteiger partial charge in [0.15, 0.2) is 0 Å². The van der Waals surface area contributed by atoms with Crippen LogP contribution >= 0.6 is 22.9 Å². The zero-order valence-corrected chi connectivity index (χ0v) is 8.78. The van der Waals surface area contributed by atoms with E-state index in [1.807, 2.05) is 5.38 Å². The number of benzene rings is 1. The third-order valence-electron chi connectivity index (χ3n) is 1.78. The highest BCUT2D eigenvalue weighted by Crippen LogP contribution is 2.24. The van der Waals surface area contributed by atoms with Crippen LogP contribution in [-0.2, 0) is 5.88 Å². The number of hydrogen-bond donors (Lipinski definition) is 0. The molecule has 2 rings (SSSR count). The van der Waals surface area contributed by atoms with E-state index in [0.29, 0.717) is 5.88 Å². The summed E-state index contributed by atoms with van der Waals surface area (Å²) in [5, 5.41) is 2.78. The van der Waals surface area contributed by atoms with Gasteiger partial charge in [-0.1, -0.05) is 0 Å². The Labute approximate surface area is 90.2 Å². The van der Waals surface area contributed by atoms with E-state index in [-0.39, 0.29) is 5.82 Å². The van der Waals surface area contributed by atoms with Crippen molar-refractivity contribution in [2.75, 3.05) is 0 Å². The van der Waals surface area contributed by atoms with Gasteiger partial charge in [0.05, 0.1) is 11.6 Å². The minimum atomic E-state index is -0.233. The van der Waals surface area contributed by atoms with Crippen molar-refractivity contribution >= 4 is 22.9 Å². The molecular weight excluding hydrogens is 221 g/mol.